The van der Waals surface area contributed by atoms with E-state index >= 15 is 0 Å². The van der Waals surface area contributed by atoms with Crippen LogP contribution in [0.2, 0.25) is 0 Å². The van der Waals surface area contributed by atoms with Crippen molar-refractivity contribution in [1.29, 1.82) is 0 Å². The zero-order valence-electron chi connectivity index (χ0n) is 10.9. The van der Waals surface area contributed by atoms with E-state index in [1.165, 1.54) is 0 Å². The number of benzene rings is 1. The molecule has 0 spiro atoms. The second-order valence-electron chi connectivity index (χ2n) is 4.30. The number of likely N-dealkylation sites (N-methyl/N-ethyl adjacent to an activating group) is 1. The number of methoxy groups -OCH3 is 1. The molecule has 0 fully saturated rings. The Morgan fingerprint density at radius 3 is 2.41 bits per heavy atom. The van der Waals surface area contributed by atoms with Gasteiger partial charge in [-0.3, -0.25) is 4.79 Å². The normalized spacial score (nSPS) is 12.3. The summed E-state index contributed by atoms with van der Waals surface area (Å²) in [5.41, 5.74) is 1.07. The zero-order valence-corrected chi connectivity index (χ0v) is 10.9. The molecule has 0 aliphatic rings. The molecule has 4 heteroatoms. The Morgan fingerprint density at radius 2 is 1.94 bits per heavy atom. The van der Waals surface area contributed by atoms with Gasteiger partial charge in [0.15, 0.2) is 0 Å². The first-order valence-electron chi connectivity index (χ1n) is 5.61. The van der Waals surface area contributed by atoms with Crippen LogP contribution < -0.4 is 10.1 Å². The van der Waals surface area contributed by atoms with Gasteiger partial charge in [0.05, 0.1) is 19.7 Å². The molecular weight excluding hydrogens is 216 g/mol. The Kier molecular flexibility index (Phi) is 4.97. The average molecular weight is 236 g/mol. The number of nitrogens with zero attached hydrogens (tertiary/aromatic N) is 1. The van der Waals surface area contributed by atoms with E-state index in [-0.39, 0.29) is 11.9 Å². The van der Waals surface area contributed by atoms with Crippen molar-refractivity contribution in [3.8, 4) is 5.75 Å². The van der Waals surface area contributed by atoms with E-state index < -0.39 is 0 Å². The van der Waals surface area contributed by atoms with Crippen LogP contribution in [-0.2, 0) is 4.79 Å². The average Bonchev–Trinajstić information content (AvgIpc) is 2.28. The summed E-state index contributed by atoms with van der Waals surface area (Å²) in [4.78, 5) is 13.4. The number of ether oxygens (including phenoxy) is 1. The summed E-state index contributed by atoms with van der Waals surface area (Å²) in [6, 6.07) is 7.71. The minimum Gasteiger partial charge on any atom is -0.497 e. The van der Waals surface area contributed by atoms with Gasteiger partial charge in [-0.05, 0) is 38.7 Å². The van der Waals surface area contributed by atoms with Gasteiger partial charge in [-0.15, -0.1) is 0 Å². The van der Waals surface area contributed by atoms with E-state index in [4.69, 9.17) is 4.74 Å². The smallest absolute Gasteiger partial charge is 0.234 e. The molecule has 1 aromatic rings. The van der Waals surface area contributed by atoms with Gasteiger partial charge >= 0.3 is 0 Å². The number of amides is 1. The monoisotopic (exact) mass is 236 g/mol. The quantitative estimate of drug-likeness (QED) is 0.841. The van der Waals surface area contributed by atoms with Crippen LogP contribution in [0.15, 0.2) is 24.3 Å². The van der Waals surface area contributed by atoms with Crippen LogP contribution in [0.4, 0.5) is 0 Å². The second-order valence-corrected chi connectivity index (χ2v) is 4.30. The molecule has 0 aromatic heterocycles. The Morgan fingerprint density at radius 1 is 1.35 bits per heavy atom. The SMILES string of the molecule is COc1ccc(C(C)NC(=O)CN(C)C)cc1. The molecule has 0 aliphatic heterocycles. The van der Waals surface area contributed by atoms with Gasteiger partial charge in [0.2, 0.25) is 5.91 Å². The first-order chi connectivity index (χ1) is 8.02. The number of carbonyl (C=O) groups excluding carboxylic acids is 1. The molecule has 0 heterocycles. The summed E-state index contributed by atoms with van der Waals surface area (Å²) in [5.74, 6) is 0.846. The van der Waals surface area contributed by atoms with E-state index in [0.29, 0.717) is 6.54 Å². The molecule has 17 heavy (non-hydrogen) atoms. The van der Waals surface area contributed by atoms with E-state index in [1.807, 2.05) is 50.2 Å². The molecule has 0 saturated heterocycles. The molecule has 1 aromatic carbocycles. The lowest BCUT2D eigenvalue weighted by Crippen LogP contribution is -2.34. The lowest BCUT2D eigenvalue weighted by Gasteiger charge is -2.16. The van der Waals surface area contributed by atoms with Gasteiger partial charge < -0.3 is 15.0 Å². The Bertz CT molecular complexity index is 360. The molecule has 1 unspecified atom stereocenters. The standard InChI is InChI=1S/C13H20N2O2/c1-10(14-13(16)9-15(2)3)11-5-7-12(17-4)8-6-11/h5-8,10H,9H2,1-4H3,(H,14,16). The van der Waals surface area contributed by atoms with Crippen molar-refractivity contribution in [1.82, 2.24) is 10.2 Å². The van der Waals surface area contributed by atoms with Gasteiger partial charge in [-0.2, -0.15) is 0 Å². The Hall–Kier alpha value is -1.55. The lowest BCUT2D eigenvalue weighted by molar-refractivity contribution is -0.122. The summed E-state index contributed by atoms with van der Waals surface area (Å²) >= 11 is 0. The van der Waals surface area contributed by atoms with Gasteiger partial charge in [0.1, 0.15) is 5.75 Å². The van der Waals surface area contributed by atoms with Gasteiger partial charge in [-0.25, -0.2) is 0 Å². The van der Waals surface area contributed by atoms with Gasteiger partial charge in [0.25, 0.3) is 0 Å². The first kappa shape index (κ1) is 13.5. The zero-order chi connectivity index (χ0) is 12.8. The number of hydrogen-bond donors (Lipinski definition) is 1. The fraction of sp³-hybridized carbons (Fsp3) is 0.462. The third kappa shape index (κ3) is 4.44. The molecule has 0 radical (unpaired) electrons. The van der Waals surface area contributed by atoms with E-state index in [0.717, 1.165) is 11.3 Å². The topological polar surface area (TPSA) is 41.6 Å². The highest BCUT2D eigenvalue weighted by atomic mass is 16.5. The third-order valence-corrected chi connectivity index (χ3v) is 2.45. The van der Waals surface area contributed by atoms with Crippen molar-refractivity contribution < 1.29 is 9.53 Å². The molecule has 0 aliphatic carbocycles. The van der Waals surface area contributed by atoms with Crippen molar-refractivity contribution in [2.24, 2.45) is 0 Å². The molecular formula is C13H20N2O2. The first-order valence-corrected chi connectivity index (χ1v) is 5.61. The summed E-state index contributed by atoms with van der Waals surface area (Å²) in [6.07, 6.45) is 0. The maximum Gasteiger partial charge on any atom is 0.234 e. The predicted octanol–water partition coefficient (Wildman–Crippen LogP) is 1.43. The van der Waals surface area contributed by atoms with Crippen molar-refractivity contribution in [2.45, 2.75) is 13.0 Å². The third-order valence-electron chi connectivity index (χ3n) is 2.45. The maximum absolute atomic E-state index is 11.6. The summed E-state index contributed by atoms with van der Waals surface area (Å²) < 4.78 is 5.09. The predicted molar refractivity (Wildman–Crippen MR) is 68.1 cm³/mol. The number of carbonyl (C=O) groups is 1. The van der Waals surface area contributed by atoms with Crippen LogP contribution in [0.3, 0.4) is 0 Å². The molecule has 1 N–H and O–H groups in total. The summed E-state index contributed by atoms with van der Waals surface area (Å²) in [6.45, 7) is 2.37. The fourth-order valence-electron chi connectivity index (χ4n) is 1.55. The van der Waals surface area contributed by atoms with Crippen molar-refractivity contribution >= 4 is 5.91 Å². The Labute approximate surface area is 103 Å². The van der Waals surface area contributed by atoms with Crippen LogP contribution in [-0.4, -0.2) is 38.6 Å². The molecule has 1 amide bonds. The number of nitrogens with one attached hydrogen (secondary N) is 1. The molecule has 1 atom stereocenters. The van der Waals surface area contributed by atoms with E-state index in [9.17, 15) is 4.79 Å². The van der Waals surface area contributed by atoms with Crippen LogP contribution in [0.1, 0.15) is 18.5 Å². The molecule has 0 saturated carbocycles. The van der Waals surface area contributed by atoms with Crippen molar-refractivity contribution in [3.05, 3.63) is 29.8 Å². The summed E-state index contributed by atoms with van der Waals surface area (Å²) in [7, 11) is 5.38. The molecule has 1 rings (SSSR count). The largest absolute Gasteiger partial charge is 0.497 e. The van der Waals surface area contributed by atoms with Gasteiger partial charge in [-0.1, -0.05) is 12.1 Å². The van der Waals surface area contributed by atoms with E-state index in [2.05, 4.69) is 5.32 Å². The second kappa shape index (κ2) is 6.25. The highest BCUT2D eigenvalue weighted by molar-refractivity contribution is 5.78. The highest BCUT2D eigenvalue weighted by Crippen LogP contribution is 2.16. The number of rotatable bonds is 5. The summed E-state index contributed by atoms with van der Waals surface area (Å²) in [5, 5.41) is 2.94. The van der Waals surface area contributed by atoms with Crippen LogP contribution in [0, 0.1) is 0 Å². The van der Waals surface area contributed by atoms with Crippen LogP contribution in [0.5, 0.6) is 5.75 Å². The minimum absolute atomic E-state index is 0.00774. The van der Waals surface area contributed by atoms with Crippen molar-refractivity contribution in [2.75, 3.05) is 27.7 Å². The molecule has 0 bridgehead atoms. The van der Waals surface area contributed by atoms with E-state index in [1.54, 1.807) is 7.11 Å². The molecule has 4 nitrogen and oxygen atoms in total. The maximum atomic E-state index is 11.6. The minimum atomic E-state index is 0.00774. The van der Waals surface area contributed by atoms with Crippen LogP contribution >= 0.6 is 0 Å². The lowest BCUT2D eigenvalue weighted by atomic mass is 10.1. The number of hydrogen-bond acceptors (Lipinski definition) is 3. The highest BCUT2D eigenvalue weighted by Gasteiger charge is 2.09. The van der Waals surface area contributed by atoms with Gasteiger partial charge in [0, 0.05) is 0 Å². The Balaban J connectivity index is 2.56. The van der Waals surface area contributed by atoms with Crippen LogP contribution in [0.25, 0.3) is 0 Å². The van der Waals surface area contributed by atoms with Crippen molar-refractivity contribution in [3.63, 3.8) is 0 Å². The fourth-order valence-corrected chi connectivity index (χ4v) is 1.55. The molecule has 94 valence electrons.